The fourth-order valence-electron chi connectivity index (χ4n) is 3.69. The molecule has 0 radical (unpaired) electrons. The maximum atomic E-state index is 10.6. The number of benzene rings is 1. The van der Waals surface area contributed by atoms with Crippen molar-refractivity contribution in [1.29, 1.82) is 0 Å². The molecule has 2 heterocycles. The summed E-state index contributed by atoms with van der Waals surface area (Å²) >= 11 is 0. The van der Waals surface area contributed by atoms with Crippen LogP contribution >= 0.6 is 0 Å². The van der Waals surface area contributed by atoms with Gasteiger partial charge in [0.2, 0.25) is 6.29 Å². The van der Waals surface area contributed by atoms with Crippen LogP contribution in [0.2, 0.25) is 0 Å². The van der Waals surface area contributed by atoms with E-state index in [2.05, 4.69) is 0 Å². The molecule has 1 aromatic rings. The third-order valence-corrected chi connectivity index (χ3v) is 5.61. The zero-order chi connectivity index (χ0) is 24.3. The molecule has 0 aliphatic carbocycles. The fraction of sp³-hybridized carbons (Fsp3) is 0.700. The van der Waals surface area contributed by atoms with Crippen LogP contribution in [0.25, 0.3) is 0 Å². The summed E-state index contributed by atoms with van der Waals surface area (Å²) in [4.78, 5) is 0. The molecule has 8 N–H and O–H groups in total. The lowest BCUT2D eigenvalue weighted by molar-refractivity contribution is -0.352. The number of aliphatic hydroxyl groups excluding tert-OH is 8. The standard InChI is InChI=1S/C20H30O13/c1-29-10-4-8(5-21)2-3-9(10)30-19-17(28)15(26)18(12(7-23)32-19)33-20-16(27)14(25)13(24)11(6-22)31-20/h2-4,11-28H,5-7H2,1H3/t11-,12-,13+,14+,15-,16-,17-,18-,19-,20+/m1/s1. The van der Waals surface area contributed by atoms with Gasteiger partial charge in [-0.3, -0.25) is 0 Å². The summed E-state index contributed by atoms with van der Waals surface area (Å²) in [6, 6.07) is 4.53. The van der Waals surface area contributed by atoms with Gasteiger partial charge in [-0.2, -0.15) is 0 Å². The Balaban J connectivity index is 1.74. The van der Waals surface area contributed by atoms with Gasteiger partial charge in [0.15, 0.2) is 17.8 Å². The van der Waals surface area contributed by atoms with Gasteiger partial charge in [-0.15, -0.1) is 0 Å². The molecule has 0 spiro atoms. The zero-order valence-electron chi connectivity index (χ0n) is 17.7. The van der Waals surface area contributed by atoms with Crippen molar-refractivity contribution >= 4 is 0 Å². The second-order valence-electron chi connectivity index (χ2n) is 7.77. The van der Waals surface area contributed by atoms with Gasteiger partial charge in [-0.25, -0.2) is 0 Å². The van der Waals surface area contributed by atoms with Crippen molar-refractivity contribution in [3.05, 3.63) is 23.8 Å². The van der Waals surface area contributed by atoms with Crippen molar-refractivity contribution in [2.75, 3.05) is 20.3 Å². The Kier molecular flexibility index (Phi) is 8.82. The normalized spacial score (nSPS) is 39.3. The first-order valence-electron chi connectivity index (χ1n) is 10.3. The fourth-order valence-corrected chi connectivity index (χ4v) is 3.69. The van der Waals surface area contributed by atoms with Crippen LogP contribution in [-0.4, -0.2) is 123 Å². The molecule has 2 fully saturated rings. The second kappa shape index (κ2) is 11.2. The van der Waals surface area contributed by atoms with E-state index in [1.54, 1.807) is 6.07 Å². The minimum atomic E-state index is -1.75. The maximum Gasteiger partial charge on any atom is 0.229 e. The average Bonchev–Trinajstić information content (AvgIpc) is 2.83. The number of hydrogen-bond acceptors (Lipinski definition) is 13. The van der Waals surface area contributed by atoms with Crippen LogP contribution < -0.4 is 9.47 Å². The lowest BCUT2D eigenvalue weighted by Crippen LogP contribution is -2.65. The van der Waals surface area contributed by atoms with Crippen LogP contribution in [0.3, 0.4) is 0 Å². The number of ether oxygens (including phenoxy) is 5. The van der Waals surface area contributed by atoms with Crippen molar-refractivity contribution in [1.82, 2.24) is 0 Å². The summed E-state index contributed by atoms with van der Waals surface area (Å²) in [6.07, 6.45) is -15.5. The van der Waals surface area contributed by atoms with Gasteiger partial charge in [0.1, 0.15) is 48.8 Å². The number of rotatable bonds is 8. The predicted octanol–water partition coefficient (Wildman–Crippen LogP) is -3.81. The summed E-state index contributed by atoms with van der Waals surface area (Å²) in [5.41, 5.74) is 0.547. The molecule has 188 valence electrons. The highest BCUT2D eigenvalue weighted by Crippen LogP contribution is 2.33. The van der Waals surface area contributed by atoms with Gasteiger partial charge in [0.25, 0.3) is 0 Å². The lowest BCUT2D eigenvalue weighted by Gasteiger charge is -2.45. The summed E-state index contributed by atoms with van der Waals surface area (Å²) in [5.74, 6) is 0.364. The van der Waals surface area contributed by atoms with Gasteiger partial charge >= 0.3 is 0 Å². The molecule has 0 aromatic heterocycles. The zero-order valence-corrected chi connectivity index (χ0v) is 17.7. The van der Waals surface area contributed by atoms with E-state index in [9.17, 15) is 40.9 Å². The Morgan fingerprint density at radius 1 is 0.758 bits per heavy atom. The van der Waals surface area contributed by atoms with Crippen LogP contribution in [0.1, 0.15) is 5.56 Å². The van der Waals surface area contributed by atoms with E-state index >= 15 is 0 Å². The first kappa shape index (κ1) is 26.0. The van der Waals surface area contributed by atoms with Gasteiger partial charge in [-0.05, 0) is 17.7 Å². The molecule has 0 saturated carbocycles. The van der Waals surface area contributed by atoms with Gasteiger partial charge in [-0.1, -0.05) is 6.07 Å². The van der Waals surface area contributed by atoms with E-state index in [4.69, 9.17) is 23.7 Å². The molecule has 33 heavy (non-hydrogen) atoms. The molecule has 2 aliphatic heterocycles. The summed E-state index contributed by atoms with van der Waals surface area (Å²) in [7, 11) is 1.37. The molecule has 13 nitrogen and oxygen atoms in total. The van der Waals surface area contributed by atoms with Crippen molar-refractivity contribution < 1.29 is 64.5 Å². The smallest absolute Gasteiger partial charge is 0.229 e. The molecular formula is C20H30O13. The Morgan fingerprint density at radius 3 is 2.00 bits per heavy atom. The highest BCUT2D eigenvalue weighted by Gasteiger charge is 2.51. The quantitative estimate of drug-likeness (QED) is 0.180. The lowest BCUT2D eigenvalue weighted by atomic mass is 9.97. The Hall–Kier alpha value is -1.62. The van der Waals surface area contributed by atoms with Crippen molar-refractivity contribution in [2.45, 2.75) is 68.0 Å². The third-order valence-electron chi connectivity index (χ3n) is 5.61. The minimum Gasteiger partial charge on any atom is -0.493 e. The van der Waals surface area contributed by atoms with Crippen LogP contribution in [0.15, 0.2) is 18.2 Å². The largest absolute Gasteiger partial charge is 0.493 e. The van der Waals surface area contributed by atoms with Crippen LogP contribution in [0.5, 0.6) is 11.5 Å². The van der Waals surface area contributed by atoms with E-state index in [1.165, 1.54) is 19.2 Å². The van der Waals surface area contributed by atoms with Crippen LogP contribution in [-0.2, 0) is 20.8 Å². The monoisotopic (exact) mass is 478 g/mol. The van der Waals surface area contributed by atoms with Crippen molar-refractivity contribution in [3.63, 3.8) is 0 Å². The summed E-state index contributed by atoms with van der Waals surface area (Å²) in [5, 5.41) is 79.5. The van der Waals surface area contributed by atoms with E-state index in [1.807, 2.05) is 0 Å². The van der Waals surface area contributed by atoms with Crippen LogP contribution in [0.4, 0.5) is 0 Å². The number of aliphatic hydroxyl groups is 8. The average molecular weight is 478 g/mol. The van der Waals surface area contributed by atoms with Crippen LogP contribution in [0, 0.1) is 0 Å². The maximum absolute atomic E-state index is 10.6. The molecule has 3 rings (SSSR count). The molecule has 1 aromatic carbocycles. The van der Waals surface area contributed by atoms with E-state index in [0.717, 1.165) is 0 Å². The number of hydrogen-bond donors (Lipinski definition) is 8. The third kappa shape index (κ3) is 5.39. The minimum absolute atomic E-state index is 0.135. The molecule has 13 heteroatoms. The highest BCUT2D eigenvalue weighted by atomic mass is 16.7. The van der Waals surface area contributed by atoms with E-state index in [0.29, 0.717) is 5.56 Å². The van der Waals surface area contributed by atoms with E-state index < -0.39 is 74.6 Å². The Morgan fingerprint density at radius 2 is 1.39 bits per heavy atom. The molecule has 2 aliphatic rings. The van der Waals surface area contributed by atoms with Crippen molar-refractivity contribution in [3.8, 4) is 11.5 Å². The highest BCUT2D eigenvalue weighted by molar-refractivity contribution is 5.43. The molecule has 2 saturated heterocycles. The van der Waals surface area contributed by atoms with Crippen molar-refractivity contribution in [2.24, 2.45) is 0 Å². The molecule has 0 unspecified atom stereocenters. The summed E-state index contributed by atoms with van der Waals surface area (Å²) < 4.78 is 27.1. The Bertz CT molecular complexity index is 759. The second-order valence-corrected chi connectivity index (χ2v) is 7.77. The predicted molar refractivity (Wildman–Crippen MR) is 106 cm³/mol. The SMILES string of the molecule is COc1cc(CO)ccc1O[C@@H]1O[C@H](CO)[C@@H](O[C@@H]2O[C@H](CO)[C@H](O)[C@H](O)[C@H]2O)[C@H](O)[C@H]1O. The van der Waals surface area contributed by atoms with Gasteiger partial charge in [0.05, 0.1) is 26.9 Å². The molecule has 10 atom stereocenters. The molecule has 0 amide bonds. The first-order valence-corrected chi connectivity index (χ1v) is 10.3. The van der Waals surface area contributed by atoms with E-state index in [-0.39, 0.29) is 18.1 Å². The first-order chi connectivity index (χ1) is 15.7. The topological polar surface area (TPSA) is 208 Å². The number of methoxy groups -OCH3 is 1. The van der Waals surface area contributed by atoms with Gasteiger partial charge < -0.3 is 64.5 Å². The Labute approximate surface area is 188 Å². The molecule has 0 bridgehead atoms. The molecular weight excluding hydrogens is 448 g/mol. The summed E-state index contributed by atoms with van der Waals surface area (Å²) in [6.45, 7) is -1.61. The van der Waals surface area contributed by atoms with Gasteiger partial charge in [0, 0.05) is 0 Å².